The van der Waals surface area contributed by atoms with Crippen molar-refractivity contribution in [3.8, 4) is 0 Å². The molecule has 1 aromatic rings. The fraction of sp³-hybridized carbons (Fsp3) is 0.538. The van der Waals surface area contributed by atoms with Crippen LogP contribution >= 0.6 is 11.8 Å². The molecule has 17 heavy (non-hydrogen) atoms. The Morgan fingerprint density at radius 3 is 2.59 bits per heavy atom. The van der Waals surface area contributed by atoms with E-state index in [9.17, 15) is 4.39 Å². The van der Waals surface area contributed by atoms with E-state index in [2.05, 4.69) is 19.3 Å². The Labute approximate surface area is 107 Å². The van der Waals surface area contributed by atoms with E-state index in [-0.39, 0.29) is 11.9 Å². The van der Waals surface area contributed by atoms with Gasteiger partial charge in [0.05, 0.1) is 0 Å². The van der Waals surface area contributed by atoms with Gasteiger partial charge in [0.25, 0.3) is 0 Å². The van der Waals surface area contributed by atoms with Gasteiger partial charge in [0.15, 0.2) is 0 Å². The molecule has 0 heterocycles. The van der Waals surface area contributed by atoms with E-state index < -0.39 is 0 Å². The molecular formula is C13H21FN2S. The van der Waals surface area contributed by atoms with Crippen LogP contribution in [0.3, 0.4) is 0 Å². The summed E-state index contributed by atoms with van der Waals surface area (Å²) in [7, 11) is 0. The predicted octanol–water partition coefficient (Wildman–Crippen LogP) is 2.59. The Hall–Kier alpha value is -0.580. The highest BCUT2D eigenvalue weighted by molar-refractivity contribution is 7.99. The lowest BCUT2D eigenvalue weighted by atomic mass is 10.1. The van der Waals surface area contributed by atoms with Gasteiger partial charge in [0.2, 0.25) is 0 Å². The minimum atomic E-state index is -0.151. The maximum atomic E-state index is 13.5. The highest BCUT2D eigenvalue weighted by Crippen LogP contribution is 2.13. The summed E-state index contributed by atoms with van der Waals surface area (Å²) in [5.41, 5.74) is 3.49. The lowest BCUT2D eigenvalue weighted by molar-refractivity contribution is 0.546. The number of nitrogens with two attached hydrogens (primary N) is 1. The SMILES string of the molecule is CC(C)CSCC(Cc1ccccc1F)NN. The summed E-state index contributed by atoms with van der Waals surface area (Å²) in [6, 6.07) is 6.98. The van der Waals surface area contributed by atoms with Crippen LogP contribution in [0.25, 0.3) is 0 Å². The van der Waals surface area contributed by atoms with Gasteiger partial charge in [0.1, 0.15) is 5.82 Å². The molecule has 0 spiro atoms. The predicted molar refractivity (Wildman–Crippen MR) is 73.4 cm³/mol. The monoisotopic (exact) mass is 256 g/mol. The van der Waals surface area contributed by atoms with Gasteiger partial charge >= 0.3 is 0 Å². The molecule has 0 radical (unpaired) electrons. The van der Waals surface area contributed by atoms with Crippen molar-refractivity contribution >= 4 is 11.8 Å². The normalized spacial score (nSPS) is 13.0. The molecule has 2 nitrogen and oxygen atoms in total. The zero-order valence-corrected chi connectivity index (χ0v) is 11.3. The van der Waals surface area contributed by atoms with Gasteiger partial charge in [-0.3, -0.25) is 11.3 Å². The standard InChI is InChI=1S/C13H21FN2S/c1-10(2)8-17-9-12(16-15)7-11-5-3-4-6-13(11)14/h3-6,10,12,16H,7-9,15H2,1-2H3. The quantitative estimate of drug-likeness (QED) is 0.582. The lowest BCUT2D eigenvalue weighted by Crippen LogP contribution is -2.39. The van der Waals surface area contributed by atoms with E-state index in [0.717, 1.165) is 17.1 Å². The van der Waals surface area contributed by atoms with Crippen molar-refractivity contribution in [2.45, 2.75) is 26.3 Å². The molecule has 1 unspecified atom stereocenters. The number of thioether (sulfide) groups is 1. The van der Waals surface area contributed by atoms with Crippen molar-refractivity contribution in [2.24, 2.45) is 11.8 Å². The van der Waals surface area contributed by atoms with Crippen molar-refractivity contribution < 1.29 is 4.39 Å². The first-order chi connectivity index (χ1) is 8.13. The Bertz CT molecular complexity index is 331. The molecule has 0 saturated carbocycles. The van der Waals surface area contributed by atoms with Crippen LogP contribution < -0.4 is 11.3 Å². The van der Waals surface area contributed by atoms with Gasteiger partial charge in [-0.15, -0.1) is 0 Å². The van der Waals surface area contributed by atoms with Crippen LogP contribution in [0.2, 0.25) is 0 Å². The number of hydrogen-bond acceptors (Lipinski definition) is 3. The number of halogens is 1. The van der Waals surface area contributed by atoms with Crippen molar-refractivity contribution in [3.05, 3.63) is 35.6 Å². The Balaban J connectivity index is 2.44. The third-order valence-electron chi connectivity index (χ3n) is 2.43. The number of hydrazine groups is 1. The van der Waals surface area contributed by atoms with E-state index in [1.165, 1.54) is 6.07 Å². The second-order valence-electron chi connectivity index (χ2n) is 4.59. The van der Waals surface area contributed by atoms with Crippen molar-refractivity contribution in [2.75, 3.05) is 11.5 Å². The highest BCUT2D eigenvalue weighted by atomic mass is 32.2. The summed E-state index contributed by atoms with van der Waals surface area (Å²) in [5, 5.41) is 0. The van der Waals surface area contributed by atoms with Crippen LogP contribution in [0, 0.1) is 11.7 Å². The fourth-order valence-corrected chi connectivity index (χ4v) is 2.65. The van der Waals surface area contributed by atoms with Crippen molar-refractivity contribution in [1.29, 1.82) is 0 Å². The molecule has 1 aromatic carbocycles. The number of rotatable bonds is 7. The zero-order valence-electron chi connectivity index (χ0n) is 10.4. The van der Waals surface area contributed by atoms with Gasteiger partial charge < -0.3 is 0 Å². The van der Waals surface area contributed by atoms with Crippen molar-refractivity contribution in [3.63, 3.8) is 0 Å². The number of hydrogen-bond donors (Lipinski definition) is 2. The van der Waals surface area contributed by atoms with Gasteiger partial charge in [-0.2, -0.15) is 11.8 Å². The summed E-state index contributed by atoms with van der Waals surface area (Å²) in [5.74, 6) is 8.04. The summed E-state index contributed by atoms with van der Waals surface area (Å²) < 4.78 is 13.5. The van der Waals surface area contributed by atoms with E-state index >= 15 is 0 Å². The molecule has 1 atom stereocenters. The molecular weight excluding hydrogens is 235 g/mol. The topological polar surface area (TPSA) is 38.0 Å². The first-order valence-electron chi connectivity index (χ1n) is 5.90. The van der Waals surface area contributed by atoms with Gasteiger partial charge in [-0.05, 0) is 29.7 Å². The summed E-state index contributed by atoms with van der Waals surface area (Å²) in [6.07, 6.45) is 0.633. The van der Waals surface area contributed by atoms with Gasteiger partial charge in [-0.1, -0.05) is 32.0 Å². The van der Waals surface area contributed by atoms with Crippen LogP contribution in [0.5, 0.6) is 0 Å². The molecule has 0 fully saturated rings. The average molecular weight is 256 g/mol. The average Bonchev–Trinajstić information content (AvgIpc) is 2.30. The van der Waals surface area contributed by atoms with E-state index in [1.807, 2.05) is 23.9 Å². The van der Waals surface area contributed by atoms with Crippen LogP contribution in [0.1, 0.15) is 19.4 Å². The molecule has 0 aliphatic carbocycles. The van der Waals surface area contributed by atoms with Crippen LogP contribution in [0.15, 0.2) is 24.3 Å². The highest BCUT2D eigenvalue weighted by Gasteiger charge is 2.11. The second-order valence-corrected chi connectivity index (χ2v) is 5.67. The van der Waals surface area contributed by atoms with Gasteiger partial charge in [-0.25, -0.2) is 4.39 Å². The zero-order chi connectivity index (χ0) is 12.7. The smallest absolute Gasteiger partial charge is 0.126 e. The van der Waals surface area contributed by atoms with E-state index in [4.69, 9.17) is 5.84 Å². The number of benzene rings is 1. The molecule has 96 valence electrons. The minimum absolute atomic E-state index is 0.121. The molecule has 0 aromatic heterocycles. The van der Waals surface area contributed by atoms with Crippen LogP contribution in [-0.2, 0) is 6.42 Å². The summed E-state index contributed by atoms with van der Waals surface area (Å²) in [4.78, 5) is 0. The van der Waals surface area contributed by atoms with Crippen LogP contribution in [0.4, 0.5) is 4.39 Å². The largest absolute Gasteiger partial charge is 0.271 e. The summed E-state index contributed by atoms with van der Waals surface area (Å²) >= 11 is 1.85. The molecule has 0 aliphatic rings. The fourth-order valence-electron chi connectivity index (χ4n) is 1.54. The first-order valence-corrected chi connectivity index (χ1v) is 7.06. The molecule has 0 saturated heterocycles. The third kappa shape index (κ3) is 5.52. The first kappa shape index (κ1) is 14.5. The molecule has 0 amide bonds. The molecule has 0 bridgehead atoms. The van der Waals surface area contributed by atoms with E-state index in [0.29, 0.717) is 12.3 Å². The van der Waals surface area contributed by atoms with Gasteiger partial charge in [0, 0.05) is 11.8 Å². The van der Waals surface area contributed by atoms with E-state index in [1.54, 1.807) is 6.07 Å². The Morgan fingerprint density at radius 1 is 1.29 bits per heavy atom. The summed E-state index contributed by atoms with van der Waals surface area (Å²) in [6.45, 7) is 4.38. The molecule has 4 heteroatoms. The number of nitrogens with one attached hydrogen (secondary N) is 1. The Morgan fingerprint density at radius 2 is 2.00 bits per heavy atom. The maximum absolute atomic E-state index is 13.5. The molecule has 3 N–H and O–H groups in total. The second kappa shape index (κ2) is 7.69. The molecule has 0 aliphatic heterocycles. The minimum Gasteiger partial charge on any atom is -0.271 e. The third-order valence-corrected chi connectivity index (χ3v) is 3.97. The lowest BCUT2D eigenvalue weighted by Gasteiger charge is -2.16. The Kier molecular flexibility index (Phi) is 6.55. The van der Waals surface area contributed by atoms with Crippen LogP contribution in [-0.4, -0.2) is 17.5 Å². The van der Waals surface area contributed by atoms with Crippen molar-refractivity contribution in [1.82, 2.24) is 5.43 Å². The maximum Gasteiger partial charge on any atom is 0.126 e. The molecule has 1 rings (SSSR count).